The molecule has 1 saturated carbocycles. The molecule has 3 aliphatic rings. The fourth-order valence-corrected chi connectivity index (χ4v) is 3.92. The lowest BCUT2D eigenvalue weighted by Gasteiger charge is -2.47. The van der Waals surface area contributed by atoms with Gasteiger partial charge >= 0.3 is 6.09 Å². The summed E-state index contributed by atoms with van der Waals surface area (Å²) >= 11 is 11.9. The van der Waals surface area contributed by atoms with Crippen molar-refractivity contribution < 1.29 is 19.1 Å². The minimum Gasteiger partial charge on any atom is -0.447 e. The number of rotatable bonds is 4. The molecule has 0 radical (unpaired) electrons. The molecule has 0 atom stereocenters. The smallest absolute Gasteiger partial charge is 0.407 e. The predicted molar refractivity (Wildman–Crippen MR) is 91.6 cm³/mol. The summed E-state index contributed by atoms with van der Waals surface area (Å²) < 4.78 is 10.7. The highest BCUT2D eigenvalue weighted by Gasteiger charge is 2.54. The van der Waals surface area contributed by atoms with E-state index in [-0.39, 0.29) is 29.6 Å². The molecule has 25 heavy (non-hydrogen) atoms. The van der Waals surface area contributed by atoms with E-state index in [1.54, 1.807) is 12.1 Å². The van der Waals surface area contributed by atoms with Crippen LogP contribution in [0.3, 0.4) is 0 Å². The summed E-state index contributed by atoms with van der Waals surface area (Å²) in [6.45, 7) is 2.02. The van der Waals surface area contributed by atoms with E-state index in [2.05, 4.69) is 5.32 Å². The van der Waals surface area contributed by atoms with Crippen molar-refractivity contribution in [1.29, 1.82) is 0 Å². The standard InChI is InChI=1S/C17H18Cl2N2O4/c18-13-2-1-10(3-14(13)19)8-24-12-6-21(7-12)15(22)11-4-17(5-11)9-25-16(23)20-17/h1-3,11-12H,4-9H2,(H,20,23). The quantitative estimate of drug-likeness (QED) is 0.865. The molecule has 1 N–H and O–H groups in total. The lowest BCUT2D eigenvalue weighted by molar-refractivity contribution is -0.155. The molecule has 1 aliphatic carbocycles. The van der Waals surface area contributed by atoms with Crippen LogP contribution < -0.4 is 5.32 Å². The first kappa shape index (κ1) is 16.9. The summed E-state index contributed by atoms with van der Waals surface area (Å²) in [4.78, 5) is 25.4. The maximum absolute atomic E-state index is 12.4. The molecule has 1 aromatic carbocycles. The molecule has 2 saturated heterocycles. The number of halogens is 2. The molecule has 6 nitrogen and oxygen atoms in total. The summed E-state index contributed by atoms with van der Waals surface area (Å²) in [6.07, 6.45) is 0.971. The van der Waals surface area contributed by atoms with Gasteiger partial charge in [0.15, 0.2) is 0 Å². The van der Waals surface area contributed by atoms with E-state index in [1.807, 2.05) is 11.0 Å². The highest BCUT2D eigenvalue weighted by Crippen LogP contribution is 2.42. The Bertz CT molecular complexity index is 715. The van der Waals surface area contributed by atoms with Gasteiger partial charge in [0.2, 0.25) is 5.91 Å². The Morgan fingerprint density at radius 2 is 2.08 bits per heavy atom. The van der Waals surface area contributed by atoms with Crippen LogP contribution in [0.1, 0.15) is 18.4 Å². The van der Waals surface area contributed by atoms with Crippen molar-refractivity contribution in [2.45, 2.75) is 31.1 Å². The molecular weight excluding hydrogens is 367 g/mol. The number of hydrogen-bond donors (Lipinski definition) is 1. The first-order chi connectivity index (χ1) is 11.9. The number of ether oxygens (including phenoxy) is 2. The highest BCUT2D eigenvalue weighted by atomic mass is 35.5. The average molecular weight is 385 g/mol. The number of cyclic esters (lactones) is 1. The number of nitrogens with zero attached hydrogens (tertiary/aromatic N) is 1. The molecule has 1 spiro atoms. The number of nitrogens with one attached hydrogen (secondary N) is 1. The van der Waals surface area contributed by atoms with Gasteiger partial charge in [-0.2, -0.15) is 0 Å². The van der Waals surface area contributed by atoms with E-state index in [0.29, 0.717) is 49.2 Å². The molecule has 8 heteroatoms. The predicted octanol–water partition coefficient (Wildman–Crippen LogP) is 2.61. The fourth-order valence-electron chi connectivity index (χ4n) is 3.60. The summed E-state index contributed by atoms with van der Waals surface area (Å²) in [5.74, 6) is 0.110. The van der Waals surface area contributed by atoms with Gasteiger partial charge in [-0.3, -0.25) is 4.79 Å². The third-order valence-electron chi connectivity index (χ3n) is 5.10. The summed E-state index contributed by atoms with van der Waals surface area (Å²) in [6, 6.07) is 5.41. The lowest BCUT2D eigenvalue weighted by atomic mass is 9.68. The van der Waals surface area contributed by atoms with Crippen molar-refractivity contribution in [3.63, 3.8) is 0 Å². The largest absolute Gasteiger partial charge is 0.447 e. The van der Waals surface area contributed by atoms with E-state index in [4.69, 9.17) is 32.7 Å². The summed E-state index contributed by atoms with van der Waals surface area (Å²) in [7, 11) is 0. The molecule has 0 unspecified atom stereocenters. The molecule has 134 valence electrons. The van der Waals surface area contributed by atoms with Crippen LogP contribution in [-0.4, -0.2) is 48.2 Å². The van der Waals surface area contributed by atoms with E-state index in [9.17, 15) is 9.59 Å². The SMILES string of the molecule is O=C1NC2(CO1)CC(C(=O)N1CC(OCc3ccc(Cl)c(Cl)c3)C1)C2. The van der Waals surface area contributed by atoms with Gasteiger partial charge < -0.3 is 19.7 Å². The Hall–Kier alpha value is -1.50. The van der Waals surface area contributed by atoms with Gasteiger partial charge in [0.05, 0.1) is 28.3 Å². The Morgan fingerprint density at radius 1 is 1.32 bits per heavy atom. The van der Waals surface area contributed by atoms with Gasteiger partial charge in [0, 0.05) is 19.0 Å². The van der Waals surface area contributed by atoms with Gasteiger partial charge in [0.1, 0.15) is 6.61 Å². The Labute approximate surface area is 155 Å². The van der Waals surface area contributed by atoms with Crippen LogP contribution in [0, 0.1) is 5.92 Å². The summed E-state index contributed by atoms with van der Waals surface area (Å²) in [5.41, 5.74) is 0.642. The zero-order chi connectivity index (χ0) is 17.6. The van der Waals surface area contributed by atoms with E-state index < -0.39 is 0 Å². The highest BCUT2D eigenvalue weighted by molar-refractivity contribution is 6.42. The second-order valence-electron chi connectivity index (χ2n) is 7.01. The van der Waals surface area contributed by atoms with Crippen LogP contribution in [0.15, 0.2) is 18.2 Å². The lowest BCUT2D eigenvalue weighted by Crippen LogP contribution is -2.62. The van der Waals surface area contributed by atoms with Crippen LogP contribution in [0.5, 0.6) is 0 Å². The zero-order valence-electron chi connectivity index (χ0n) is 13.5. The number of benzene rings is 1. The normalized spacial score (nSPS) is 28.3. The molecule has 4 rings (SSSR count). The average Bonchev–Trinajstić information content (AvgIpc) is 2.90. The van der Waals surface area contributed by atoms with Crippen LogP contribution in [0.25, 0.3) is 0 Å². The van der Waals surface area contributed by atoms with Gasteiger partial charge in [0.25, 0.3) is 0 Å². The molecule has 2 heterocycles. The van der Waals surface area contributed by atoms with Crippen molar-refractivity contribution in [3.05, 3.63) is 33.8 Å². The molecular formula is C17H18Cl2N2O4. The maximum Gasteiger partial charge on any atom is 0.407 e. The maximum atomic E-state index is 12.4. The van der Waals surface area contributed by atoms with Gasteiger partial charge in [-0.1, -0.05) is 29.3 Å². The topological polar surface area (TPSA) is 67.9 Å². The second-order valence-corrected chi connectivity index (χ2v) is 7.83. The third kappa shape index (κ3) is 3.30. The molecule has 3 fully saturated rings. The van der Waals surface area contributed by atoms with Crippen LogP contribution in [-0.2, 0) is 20.9 Å². The number of amides is 2. The molecule has 2 amide bonds. The van der Waals surface area contributed by atoms with Crippen LogP contribution in [0.2, 0.25) is 10.0 Å². The monoisotopic (exact) mass is 384 g/mol. The zero-order valence-corrected chi connectivity index (χ0v) is 15.0. The number of alkyl carbamates (subject to hydrolysis) is 1. The van der Waals surface area contributed by atoms with Gasteiger partial charge in [-0.05, 0) is 30.5 Å². The first-order valence-corrected chi connectivity index (χ1v) is 8.99. The molecule has 0 bridgehead atoms. The first-order valence-electron chi connectivity index (χ1n) is 8.23. The Kier molecular flexibility index (Phi) is 4.30. The third-order valence-corrected chi connectivity index (χ3v) is 5.84. The van der Waals surface area contributed by atoms with Crippen LogP contribution >= 0.6 is 23.2 Å². The fraction of sp³-hybridized carbons (Fsp3) is 0.529. The van der Waals surface area contributed by atoms with E-state index >= 15 is 0 Å². The van der Waals surface area contributed by atoms with E-state index in [0.717, 1.165) is 5.56 Å². The van der Waals surface area contributed by atoms with Crippen LogP contribution in [0.4, 0.5) is 4.79 Å². The van der Waals surface area contributed by atoms with Crippen molar-refractivity contribution >= 4 is 35.2 Å². The molecule has 2 aliphatic heterocycles. The van der Waals surface area contributed by atoms with Crippen molar-refractivity contribution in [3.8, 4) is 0 Å². The number of carbonyl (C=O) groups is 2. The minimum atomic E-state index is -0.384. The van der Waals surface area contributed by atoms with Gasteiger partial charge in [-0.25, -0.2) is 4.79 Å². The number of hydrogen-bond acceptors (Lipinski definition) is 4. The van der Waals surface area contributed by atoms with Gasteiger partial charge in [-0.15, -0.1) is 0 Å². The Morgan fingerprint density at radius 3 is 2.72 bits per heavy atom. The number of likely N-dealkylation sites (tertiary alicyclic amines) is 1. The van der Waals surface area contributed by atoms with Crippen molar-refractivity contribution in [1.82, 2.24) is 10.2 Å². The number of carbonyl (C=O) groups excluding carboxylic acids is 2. The van der Waals surface area contributed by atoms with Crippen molar-refractivity contribution in [2.75, 3.05) is 19.7 Å². The second kappa shape index (κ2) is 6.34. The van der Waals surface area contributed by atoms with E-state index in [1.165, 1.54) is 0 Å². The Balaban J connectivity index is 1.20. The van der Waals surface area contributed by atoms with Crippen molar-refractivity contribution in [2.24, 2.45) is 5.92 Å². The molecule has 0 aromatic heterocycles. The minimum absolute atomic E-state index is 0.0296. The molecule has 1 aromatic rings. The summed E-state index contributed by atoms with van der Waals surface area (Å²) in [5, 5.41) is 3.84.